The van der Waals surface area contributed by atoms with E-state index in [0.717, 1.165) is 31.6 Å². The second kappa shape index (κ2) is 41.3. The van der Waals surface area contributed by atoms with E-state index in [4.69, 9.17) is 19.1 Å². The van der Waals surface area contributed by atoms with E-state index >= 15 is 0 Å². The van der Waals surface area contributed by atoms with Crippen LogP contribution in [0.4, 0.5) is 0 Å². The van der Waals surface area contributed by atoms with Crippen LogP contribution in [0.1, 0.15) is 188 Å². The zero-order valence-corrected chi connectivity index (χ0v) is 38.1. The molecule has 59 heavy (non-hydrogen) atoms. The number of aliphatic hydroxyl groups excluding tert-OH is 3. The van der Waals surface area contributed by atoms with Gasteiger partial charge in [-0.2, -0.15) is 0 Å². The molecule has 4 N–H and O–H groups in total. The van der Waals surface area contributed by atoms with Crippen LogP contribution < -0.4 is 0 Å². The van der Waals surface area contributed by atoms with Gasteiger partial charge in [0.2, 0.25) is 0 Å². The highest BCUT2D eigenvalue weighted by Gasteiger charge is 2.27. The molecule has 0 radical (unpaired) electrons. The third-order valence-electron chi connectivity index (χ3n) is 9.74. The van der Waals surface area contributed by atoms with Gasteiger partial charge in [-0.25, -0.2) is 4.57 Å². The van der Waals surface area contributed by atoms with Crippen molar-refractivity contribution in [2.75, 3.05) is 26.4 Å². The number of carbonyl (C=O) groups excluding carboxylic acids is 2. The number of unbranched alkanes of at least 4 members (excludes halogenated alkanes) is 18. The molecule has 4 atom stereocenters. The van der Waals surface area contributed by atoms with Crippen LogP contribution >= 0.6 is 7.82 Å². The predicted molar refractivity (Wildman–Crippen MR) is 239 cm³/mol. The molecule has 0 bridgehead atoms. The summed E-state index contributed by atoms with van der Waals surface area (Å²) in [7, 11) is -4.65. The van der Waals surface area contributed by atoms with Gasteiger partial charge in [0, 0.05) is 12.8 Å². The highest BCUT2D eigenvalue weighted by molar-refractivity contribution is 7.47. The molecular weight excluding hydrogens is 771 g/mol. The Bertz CT molecular complexity index is 1150. The van der Waals surface area contributed by atoms with Crippen molar-refractivity contribution in [2.24, 2.45) is 5.92 Å². The van der Waals surface area contributed by atoms with Crippen LogP contribution in [-0.4, -0.2) is 76.9 Å². The zero-order valence-electron chi connectivity index (χ0n) is 37.2. The maximum atomic E-state index is 12.6. The van der Waals surface area contributed by atoms with Crippen molar-refractivity contribution in [3.63, 3.8) is 0 Å². The van der Waals surface area contributed by atoms with Crippen LogP contribution in [0.5, 0.6) is 0 Å². The van der Waals surface area contributed by atoms with E-state index in [-0.39, 0.29) is 19.4 Å². The molecule has 0 heterocycles. The lowest BCUT2D eigenvalue weighted by Gasteiger charge is -2.20. The lowest BCUT2D eigenvalue weighted by molar-refractivity contribution is -0.161. The first-order valence-corrected chi connectivity index (χ1v) is 24.6. The minimum Gasteiger partial charge on any atom is -0.462 e. The number of rotatable bonds is 42. The van der Waals surface area contributed by atoms with Gasteiger partial charge < -0.3 is 29.7 Å². The molecule has 0 aliphatic carbocycles. The standard InChI is InChI=1S/C47H85O11P/c1-4-5-6-7-18-24-29-34-43(49)35-30-25-20-17-22-27-32-37-47(52)58-45(41-57-59(53,54)56-39-44(50)38-48)40-55-46(51)36-31-26-21-16-14-12-10-8-9-11-13-15-19-23-28-33-42(2)3/h17-18,22,24-25,29-30,34,42-45,48-50H,4-16,19-21,23,26-28,31-33,35-41H2,1-3H3,(H,53,54)/b22-17+,24-18-,30-25-,34-29-/t43-,44-,45+/m0/s1. The minimum absolute atomic E-state index is 0.0744. The van der Waals surface area contributed by atoms with Crippen LogP contribution in [0, 0.1) is 5.92 Å². The highest BCUT2D eigenvalue weighted by Crippen LogP contribution is 2.43. The SMILES string of the molecule is CCCCC/C=C\C=C/[C@H](O)C/C=C\C/C=C/CCCC(=O)O[C@H](COC(=O)CCCCCCCCCCCCCCCCCC(C)C)COP(=O)(O)OC[C@@H](O)CO. The number of esters is 2. The van der Waals surface area contributed by atoms with E-state index in [0.29, 0.717) is 32.1 Å². The molecular formula is C47H85O11P. The second-order valence-corrected chi connectivity index (χ2v) is 17.6. The number of allylic oxidation sites excluding steroid dienone is 6. The molecule has 0 saturated carbocycles. The lowest BCUT2D eigenvalue weighted by atomic mass is 10.0. The Morgan fingerprint density at radius 1 is 0.627 bits per heavy atom. The molecule has 0 saturated heterocycles. The summed E-state index contributed by atoms with van der Waals surface area (Å²) in [5.41, 5.74) is 0. The first-order valence-electron chi connectivity index (χ1n) is 23.1. The van der Waals surface area contributed by atoms with E-state index in [1.807, 2.05) is 36.5 Å². The molecule has 0 spiro atoms. The van der Waals surface area contributed by atoms with Gasteiger partial charge in [-0.15, -0.1) is 0 Å². The van der Waals surface area contributed by atoms with Gasteiger partial charge in [0.05, 0.1) is 25.9 Å². The number of aliphatic hydroxyl groups is 3. The molecule has 0 aromatic rings. The van der Waals surface area contributed by atoms with Gasteiger partial charge in [0.25, 0.3) is 0 Å². The maximum absolute atomic E-state index is 12.6. The Hall–Kier alpha value is -2.11. The highest BCUT2D eigenvalue weighted by atomic mass is 31.2. The van der Waals surface area contributed by atoms with Crippen LogP contribution in [0.15, 0.2) is 48.6 Å². The predicted octanol–water partition coefficient (Wildman–Crippen LogP) is 11.3. The monoisotopic (exact) mass is 857 g/mol. The zero-order chi connectivity index (χ0) is 43.7. The van der Waals surface area contributed by atoms with Gasteiger partial charge in [0.15, 0.2) is 6.10 Å². The molecule has 1 unspecified atom stereocenters. The van der Waals surface area contributed by atoms with Gasteiger partial charge >= 0.3 is 19.8 Å². The van der Waals surface area contributed by atoms with Crippen LogP contribution in [0.25, 0.3) is 0 Å². The average Bonchev–Trinajstić information content (AvgIpc) is 3.20. The van der Waals surface area contributed by atoms with Crippen LogP contribution in [0.3, 0.4) is 0 Å². The topological polar surface area (TPSA) is 169 Å². The van der Waals surface area contributed by atoms with Crippen molar-refractivity contribution in [1.82, 2.24) is 0 Å². The largest absolute Gasteiger partial charge is 0.472 e. The third-order valence-corrected chi connectivity index (χ3v) is 10.7. The van der Waals surface area contributed by atoms with E-state index in [2.05, 4.69) is 31.4 Å². The molecule has 11 nitrogen and oxygen atoms in total. The first-order chi connectivity index (χ1) is 28.5. The minimum atomic E-state index is -4.65. The first kappa shape index (κ1) is 56.9. The molecule has 0 aromatic carbocycles. The molecule has 0 rings (SSSR count). The molecule has 344 valence electrons. The number of phosphoric acid groups is 1. The molecule has 0 aromatic heterocycles. The van der Waals surface area contributed by atoms with Gasteiger partial charge in [-0.3, -0.25) is 18.6 Å². The van der Waals surface area contributed by atoms with E-state index in [1.165, 1.54) is 96.3 Å². The van der Waals surface area contributed by atoms with E-state index in [1.54, 1.807) is 6.08 Å². The summed E-state index contributed by atoms with van der Waals surface area (Å²) in [5.74, 6) is -0.205. The van der Waals surface area contributed by atoms with Crippen molar-refractivity contribution in [2.45, 2.75) is 206 Å². The summed E-state index contributed by atoms with van der Waals surface area (Å²) in [6.07, 6.45) is 39.7. The van der Waals surface area contributed by atoms with Crippen molar-refractivity contribution in [3.8, 4) is 0 Å². The fourth-order valence-corrected chi connectivity index (χ4v) is 6.92. The fourth-order valence-electron chi connectivity index (χ4n) is 6.13. The normalized spacial score (nSPS) is 14.8. The number of hydrogen-bond acceptors (Lipinski definition) is 10. The molecule has 12 heteroatoms. The number of hydrogen-bond donors (Lipinski definition) is 4. The Kier molecular flexibility index (Phi) is 39.8. The second-order valence-electron chi connectivity index (χ2n) is 16.1. The summed E-state index contributed by atoms with van der Waals surface area (Å²) >= 11 is 0. The van der Waals surface area contributed by atoms with Crippen molar-refractivity contribution in [1.29, 1.82) is 0 Å². The Morgan fingerprint density at radius 2 is 1.19 bits per heavy atom. The quantitative estimate of drug-likeness (QED) is 0.0151. The van der Waals surface area contributed by atoms with Gasteiger partial charge in [-0.05, 0) is 50.9 Å². The van der Waals surface area contributed by atoms with Crippen LogP contribution in [-0.2, 0) is 32.7 Å². The maximum Gasteiger partial charge on any atom is 0.472 e. The van der Waals surface area contributed by atoms with E-state index < -0.39 is 57.9 Å². The van der Waals surface area contributed by atoms with Crippen molar-refractivity contribution in [3.05, 3.63) is 48.6 Å². The summed E-state index contributed by atoms with van der Waals surface area (Å²) in [6.45, 7) is 4.55. The summed E-state index contributed by atoms with van der Waals surface area (Å²) in [6, 6.07) is 0. The number of ether oxygens (including phenoxy) is 2. The van der Waals surface area contributed by atoms with Crippen LogP contribution in [0.2, 0.25) is 0 Å². The fraction of sp³-hybridized carbons (Fsp3) is 0.787. The Labute approximate surface area is 358 Å². The summed E-state index contributed by atoms with van der Waals surface area (Å²) in [5, 5.41) is 28.4. The summed E-state index contributed by atoms with van der Waals surface area (Å²) < 4.78 is 32.7. The van der Waals surface area contributed by atoms with Crippen molar-refractivity contribution >= 4 is 19.8 Å². The Balaban J connectivity index is 4.39. The average molecular weight is 857 g/mol. The van der Waals surface area contributed by atoms with Gasteiger partial charge in [0.1, 0.15) is 12.7 Å². The Morgan fingerprint density at radius 3 is 1.80 bits per heavy atom. The number of carbonyl (C=O) groups is 2. The third kappa shape index (κ3) is 42.4. The lowest BCUT2D eigenvalue weighted by Crippen LogP contribution is -2.29. The number of phosphoric ester groups is 1. The molecule has 0 amide bonds. The van der Waals surface area contributed by atoms with Gasteiger partial charge in [-0.1, -0.05) is 179 Å². The van der Waals surface area contributed by atoms with E-state index in [9.17, 15) is 29.3 Å². The molecule has 0 aliphatic rings. The van der Waals surface area contributed by atoms with Crippen molar-refractivity contribution < 1.29 is 52.9 Å². The smallest absolute Gasteiger partial charge is 0.462 e. The molecule has 0 aliphatic heterocycles. The molecule has 0 fully saturated rings. The summed E-state index contributed by atoms with van der Waals surface area (Å²) in [4.78, 5) is 35.0.